The van der Waals surface area contributed by atoms with Crippen LogP contribution >= 0.6 is 0 Å². The summed E-state index contributed by atoms with van der Waals surface area (Å²) in [6.07, 6.45) is 0.754. The molecule has 1 saturated heterocycles. The SMILES string of the molecule is CC(O)C1CCN(Cc2nc(N)nc(N(C)C)n2)C1. The molecule has 2 heterocycles. The van der Waals surface area contributed by atoms with E-state index in [0.717, 1.165) is 19.5 Å². The van der Waals surface area contributed by atoms with Crippen molar-refractivity contribution in [2.45, 2.75) is 26.0 Å². The lowest BCUT2D eigenvalue weighted by atomic mass is 10.0. The molecular formula is C12H22N6O. The van der Waals surface area contributed by atoms with Crippen molar-refractivity contribution in [3.8, 4) is 0 Å². The summed E-state index contributed by atoms with van der Waals surface area (Å²) < 4.78 is 0. The van der Waals surface area contributed by atoms with Gasteiger partial charge in [0.25, 0.3) is 0 Å². The van der Waals surface area contributed by atoms with Gasteiger partial charge in [-0.1, -0.05) is 0 Å². The van der Waals surface area contributed by atoms with Gasteiger partial charge in [0.1, 0.15) is 5.82 Å². The van der Waals surface area contributed by atoms with Crippen LogP contribution in [-0.2, 0) is 6.54 Å². The van der Waals surface area contributed by atoms with Gasteiger partial charge in [0.2, 0.25) is 11.9 Å². The van der Waals surface area contributed by atoms with Gasteiger partial charge in [-0.15, -0.1) is 0 Å². The number of nitrogen functional groups attached to an aromatic ring is 1. The number of likely N-dealkylation sites (tertiary alicyclic amines) is 1. The summed E-state index contributed by atoms with van der Waals surface area (Å²) in [5, 5.41) is 9.60. The van der Waals surface area contributed by atoms with E-state index in [1.165, 1.54) is 0 Å². The normalized spacial score (nSPS) is 21.6. The quantitative estimate of drug-likeness (QED) is 0.774. The molecule has 0 saturated carbocycles. The third kappa shape index (κ3) is 3.51. The first-order valence-electron chi connectivity index (χ1n) is 6.54. The molecule has 106 valence electrons. The van der Waals surface area contributed by atoms with Crippen LogP contribution in [0.1, 0.15) is 19.2 Å². The van der Waals surface area contributed by atoms with Gasteiger partial charge in [0.05, 0.1) is 12.6 Å². The summed E-state index contributed by atoms with van der Waals surface area (Å²) in [4.78, 5) is 16.7. The Morgan fingerprint density at radius 3 is 2.74 bits per heavy atom. The van der Waals surface area contributed by atoms with Crippen LogP contribution < -0.4 is 10.6 Å². The van der Waals surface area contributed by atoms with Crippen molar-refractivity contribution in [2.24, 2.45) is 5.92 Å². The van der Waals surface area contributed by atoms with Crippen LogP contribution in [0.5, 0.6) is 0 Å². The lowest BCUT2D eigenvalue weighted by Crippen LogP contribution is -2.25. The predicted molar refractivity (Wildman–Crippen MR) is 73.6 cm³/mol. The Bertz CT molecular complexity index is 436. The van der Waals surface area contributed by atoms with E-state index in [0.29, 0.717) is 24.2 Å². The third-order valence-corrected chi connectivity index (χ3v) is 3.44. The first kappa shape index (κ1) is 14.0. The number of nitrogens with two attached hydrogens (primary N) is 1. The zero-order valence-electron chi connectivity index (χ0n) is 11.7. The molecule has 2 unspecified atom stereocenters. The highest BCUT2D eigenvalue weighted by molar-refractivity contribution is 5.32. The van der Waals surface area contributed by atoms with Gasteiger partial charge in [0.15, 0.2) is 0 Å². The molecule has 2 atom stereocenters. The molecule has 3 N–H and O–H groups in total. The van der Waals surface area contributed by atoms with Gasteiger partial charge in [0, 0.05) is 20.6 Å². The molecule has 0 radical (unpaired) electrons. The molecule has 0 aromatic carbocycles. The second-order valence-corrected chi connectivity index (χ2v) is 5.33. The fraction of sp³-hybridized carbons (Fsp3) is 0.750. The van der Waals surface area contributed by atoms with E-state index < -0.39 is 0 Å². The molecule has 0 spiro atoms. The summed E-state index contributed by atoms with van der Waals surface area (Å²) in [5.41, 5.74) is 5.70. The standard InChI is InChI=1S/C12H22N6O/c1-8(19)9-4-5-18(6-9)7-10-14-11(13)16-12(15-10)17(2)3/h8-9,19H,4-7H2,1-3H3,(H2,13,14,15,16). The average molecular weight is 266 g/mol. The van der Waals surface area contributed by atoms with E-state index in [4.69, 9.17) is 5.73 Å². The Morgan fingerprint density at radius 2 is 2.16 bits per heavy atom. The highest BCUT2D eigenvalue weighted by Crippen LogP contribution is 2.21. The van der Waals surface area contributed by atoms with E-state index in [1.54, 1.807) is 0 Å². The van der Waals surface area contributed by atoms with Crippen LogP contribution in [0.3, 0.4) is 0 Å². The minimum atomic E-state index is -0.259. The van der Waals surface area contributed by atoms with E-state index in [-0.39, 0.29) is 12.1 Å². The molecule has 1 aromatic rings. The largest absolute Gasteiger partial charge is 0.393 e. The Balaban J connectivity index is 2.04. The van der Waals surface area contributed by atoms with Gasteiger partial charge in [-0.25, -0.2) is 0 Å². The summed E-state index contributed by atoms with van der Waals surface area (Å²) >= 11 is 0. The smallest absolute Gasteiger partial charge is 0.229 e. The summed E-state index contributed by atoms with van der Waals surface area (Å²) in [5.74, 6) is 1.85. The highest BCUT2D eigenvalue weighted by atomic mass is 16.3. The maximum absolute atomic E-state index is 9.60. The predicted octanol–water partition coefficient (Wildman–Crippen LogP) is -0.277. The topological polar surface area (TPSA) is 91.4 Å². The second-order valence-electron chi connectivity index (χ2n) is 5.33. The molecular weight excluding hydrogens is 244 g/mol. The molecule has 2 rings (SSSR count). The first-order chi connectivity index (χ1) is 8.95. The molecule has 0 amide bonds. The molecule has 7 nitrogen and oxygen atoms in total. The van der Waals surface area contributed by atoms with E-state index in [2.05, 4.69) is 19.9 Å². The Kier molecular flexibility index (Phi) is 4.16. The van der Waals surface area contributed by atoms with E-state index >= 15 is 0 Å². The van der Waals surface area contributed by atoms with Gasteiger partial charge >= 0.3 is 0 Å². The van der Waals surface area contributed by atoms with Crippen LogP contribution in [-0.4, -0.2) is 58.2 Å². The summed E-state index contributed by atoms with van der Waals surface area (Å²) in [6, 6.07) is 0. The maximum atomic E-state index is 9.60. The number of anilines is 2. The fourth-order valence-electron chi connectivity index (χ4n) is 2.30. The number of aliphatic hydroxyl groups is 1. The van der Waals surface area contributed by atoms with Gasteiger partial charge in [-0.05, 0) is 25.8 Å². The number of hydrogen-bond donors (Lipinski definition) is 2. The Labute approximate surface area is 113 Å². The fourth-order valence-corrected chi connectivity index (χ4v) is 2.30. The van der Waals surface area contributed by atoms with Gasteiger partial charge in [-0.3, -0.25) is 4.90 Å². The van der Waals surface area contributed by atoms with Crippen LogP contribution in [0.15, 0.2) is 0 Å². The number of aliphatic hydroxyl groups excluding tert-OH is 1. The maximum Gasteiger partial charge on any atom is 0.229 e. The van der Waals surface area contributed by atoms with Crippen LogP contribution in [0.25, 0.3) is 0 Å². The number of rotatable bonds is 4. The number of nitrogens with zero attached hydrogens (tertiary/aromatic N) is 5. The van der Waals surface area contributed by atoms with Crippen molar-refractivity contribution in [3.63, 3.8) is 0 Å². The van der Waals surface area contributed by atoms with E-state index in [1.807, 2.05) is 25.9 Å². The monoisotopic (exact) mass is 266 g/mol. The van der Waals surface area contributed by atoms with Crippen LogP contribution in [0.2, 0.25) is 0 Å². The molecule has 0 bridgehead atoms. The molecule has 19 heavy (non-hydrogen) atoms. The first-order valence-corrected chi connectivity index (χ1v) is 6.54. The zero-order valence-corrected chi connectivity index (χ0v) is 11.7. The Hall–Kier alpha value is -1.47. The summed E-state index contributed by atoms with van der Waals surface area (Å²) in [7, 11) is 3.75. The lowest BCUT2D eigenvalue weighted by molar-refractivity contribution is 0.127. The zero-order chi connectivity index (χ0) is 14.0. The third-order valence-electron chi connectivity index (χ3n) is 3.44. The number of hydrogen-bond acceptors (Lipinski definition) is 7. The van der Waals surface area contributed by atoms with Crippen LogP contribution in [0, 0.1) is 5.92 Å². The van der Waals surface area contributed by atoms with Crippen molar-refractivity contribution in [1.82, 2.24) is 19.9 Å². The van der Waals surface area contributed by atoms with Crippen molar-refractivity contribution in [3.05, 3.63) is 5.82 Å². The molecule has 7 heteroatoms. The van der Waals surface area contributed by atoms with E-state index in [9.17, 15) is 5.11 Å². The van der Waals surface area contributed by atoms with Crippen LogP contribution in [0.4, 0.5) is 11.9 Å². The molecule has 1 aliphatic rings. The van der Waals surface area contributed by atoms with Crippen molar-refractivity contribution in [2.75, 3.05) is 37.8 Å². The van der Waals surface area contributed by atoms with Gasteiger partial charge < -0.3 is 15.7 Å². The van der Waals surface area contributed by atoms with Crippen molar-refractivity contribution in [1.29, 1.82) is 0 Å². The highest BCUT2D eigenvalue weighted by Gasteiger charge is 2.26. The van der Waals surface area contributed by atoms with Crippen molar-refractivity contribution >= 4 is 11.9 Å². The molecule has 1 aliphatic heterocycles. The Morgan fingerprint density at radius 1 is 1.42 bits per heavy atom. The minimum absolute atomic E-state index is 0.250. The average Bonchev–Trinajstić information content (AvgIpc) is 2.76. The molecule has 1 aromatic heterocycles. The van der Waals surface area contributed by atoms with Gasteiger partial charge in [-0.2, -0.15) is 15.0 Å². The molecule has 1 fully saturated rings. The summed E-state index contributed by atoms with van der Waals surface area (Å²) in [6.45, 7) is 4.33. The lowest BCUT2D eigenvalue weighted by Gasteiger charge is -2.17. The second kappa shape index (κ2) is 5.66. The number of aromatic nitrogens is 3. The molecule has 0 aliphatic carbocycles. The minimum Gasteiger partial charge on any atom is -0.393 e. The van der Waals surface area contributed by atoms with Crippen molar-refractivity contribution < 1.29 is 5.11 Å².